The fourth-order valence-electron chi connectivity index (χ4n) is 4.02. The molecule has 0 aromatic carbocycles. The van der Waals surface area contributed by atoms with Crippen LogP contribution in [0.15, 0.2) is 21.8 Å². The molecule has 2 aliphatic carbocycles. The van der Waals surface area contributed by atoms with E-state index in [1.807, 2.05) is 6.07 Å². The zero-order chi connectivity index (χ0) is 17.1. The minimum atomic E-state index is 0. The molecule has 26 heavy (non-hydrogen) atoms. The highest BCUT2D eigenvalue weighted by Crippen LogP contribution is 2.49. The van der Waals surface area contributed by atoms with Crippen LogP contribution in [0.2, 0.25) is 0 Å². The summed E-state index contributed by atoms with van der Waals surface area (Å²) in [5.41, 5.74) is 1.02. The predicted octanol–water partition coefficient (Wildman–Crippen LogP) is 2.81. The number of hydrogen-bond donors (Lipinski definition) is 1. The number of piperazine rings is 1. The van der Waals surface area contributed by atoms with Crippen LogP contribution in [-0.4, -0.2) is 60.2 Å². The van der Waals surface area contributed by atoms with Gasteiger partial charge in [0.25, 0.3) is 0 Å². The lowest BCUT2D eigenvalue weighted by Gasteiger charge is -2.36. The fourth-order valence-corrected chi connectivity index (χ4v) is 4.02. The summed E-state index contributed by atoms with van der Waals surface area (Å²) in [6.07, 6.45) is 7.40. The van der Waals surface area contributed by atoms with Gasteiger partial charge in [-0.15, -0.1) is 24.0 Å². The highest BCUT2D eigenvalue weighted by molar-refractivity contribution is 14.0. The summed E-state index contributed by atoms with van der Waals surface area (Å²) in [4.78, 5) is 9.92. The number of hydrogen-bond acceptors (Lipinski definition) is 4. The average molecular weight is 473 g/mol. The maximum absolute atomic E-state index is 5.05. The smallest absolute Gasteiger partial charge is 0.194 e. The number of halogens is 1. The zero-order valence-electron chi connectivity index (χ0n) is 15.8. The van der Waals surface area contributed by atoms with Gasteiger partial charge in [-0.25, -0.2) is 0 Å². The van der Waals surface area contributed by atoms with Crippen molar-refractivity contribution >= 4 is 29.9 Å². The first kappa shape index (κ1) is 19.9. The fraction of sp³-hybridized carbons (Fsp3) is 0.789. The SMILES string of the molecule is CCNC(=NCC(C1CC1)C1CC1)N1CCN(Cc2ccon2)CC1.I. The molecule has 0 atom stereocenters. The molecule has 4 rings (SSSR count). The van der Waals surface area contributed by atoms with E-state index in [4.69, 9.17) is 9.52 Å². The summed E-state index contributed by atoms with van der Waals surface area (Å²) in [6, 6.07) is 1.95. The van der Waals surface area contributed by atoms with Gasteiger partial charge in [0.05, 0.1) is 5.69 Å². The zero-order valence-corrected chi connectivity index (χ0v) is 18.1. The number of nitrogens with zero attached hydrogens (tertiary/aromatic N) is 4. The van der Waals surface area contributed by atoms with Gasteiger partial charge < -0.3 is 14.7 Å². The van der Waals surface area contributed by atoms with E-state index in [-0.39, 0.29) is 24.0 Å². The molecular formula is C19H32IN5O. The van der Waals surface area contributed by atoms with E-state index in [1.54, 1.807) is 6.26 Å². The van der Waals surface area contributed by atoms with E-state index in [0.29, 0.717) is 0 Å². The molecule has 2 saturated carbocycles. The van der Waals surface area contributed by atoms with Crippen LogP contribution < -0.4 is 5.32 Å². The topological polar surface area (TPSA) is 56.9 Å². The number of aromatic nitrogens is 1. The predicted molar refractivity (Wildman–Crippen MR) is 114 cm³/mol. The van der Waals surface area contributed by atoms with Crippen LogP contribution in [0.5, 0.6) is 0 Å². The normalized spacial score (nSPS) is 21.8. The van der Waals surface area contributed by atoms with Gasteiger partial charge in [0.1, 0.15) is 6.26 Å². The Balaban J connectivity index is 0.00000196. The lowest BCUT2D eigenvalue weighted by Crippen LogP contribution is -2.52. The van der Waals surface area contributed by atoms with E-state index in [1.165, 1.54) is 25.7 Å². The van der Waals surface area contributed by atoms with Gasteiger partial charge in [0, 0.05) is 51.9 Å². The third kappa shape index (κ3) is 5.34. The van der Waals surface area contributed by atoms with E-state index in [2.05, 4.69) is 27.2 Å². The monoisotopic (exact) mass is 473 g/mol. The molecule has 0 radical (unpaired) electrons. The van der Waals surface area contributed by atoms with Crippen molar-refractivity contribution in [3.63, 3.8) is 0 Å². The Bertz CT molecular complexity index is 550. The quantitative estimate of drug-likeness (QED) is 0.375. The van der Waals surface area contributed by atoms with Crippen LogP contribution in [0.3, 0.4) is 0 Å². The molecule has 1 aromatic heterocycles. The van der Waals surface area contributed by atoms with Crippen LogP contribution in [0.1, 0.15) is 38.3 Å². The van der Waals surface area contributed by atoms with Gasteiger partial charge in [0.15, 0.2) is 5.96 Å². The molecule has 3 aliphatic rings. The summed E-state index contributed by atoms with van der Waals surface area (Å²) in [5.74, 6) is 3.91. The molecule has 0 spiro atoms. The highest BCUT2D eigenvalue weighted by atomic mass is 127. The maximum Gasteiger partial charge on any atom is 0.194 e. The summed E-state index contributed by atoms with van der Waals surface area (Å²) < 4.78 is 4.93. The Morgan fingerprint density at radius 3 is 2.46 bits per heavy atom. The third-order valence-electron chi connectivity index (χ3n) is 5.79. The molecule has 0 unspecified atom stereocenters. The largest absolute Gasteiger partial charge is 0.364 e. The van der Waals surface area contributed by atoms with Crippen molar-refractivity contribution in [1.29, 1.82) is 0 Å². The molecule has 1 aromatic rings. The van der Waals surface area contributed by atoms with Crippen LogP contribution >= 0.6 is 24.0 Å². The molecule has 1 saturated heterocycles. The van der Waals surface area contributed by atoms with Crippen molar-refractivity contribution in [2.45, 2.75) is 39.2 Å². The summed E-state index contributed by atoms with van der Waals surface area (Å²) in [7, 11) is 0. The Hall–Kier alpha value is -0.830. The molecule has 7 heteroatoms. The highest BCUT2D eigenvalue weighted by Gasteiger charge is 2.41. The van der Waals surface area contributed by atoms with Crippen LogP contribution in [-0.2, 0) is 6.54 Å². The Morgan fingerprint density at radius 2 is 1.92 bits per heavy atom. The molecule has 1 aliphatic heterocycles. The van der Waals surface area contributed by atoms with Gasteiger partial charge in [-0.3, -0.25) is 9.89 Å². The van der Waals surface area contributed by atoms with Crippen molar-refractivity contribution in [1.82, 2.24) is 20.3 Å². The number of guanidine groups is 1. The number of rotatable bonds is 7. The van der Waals surface area contributed by atoms with Crippen molar-refractivity contribution in [2.75, 3.05) is 39.3 Å². The van der Waals surface area contributed by atoms with Gasteiger partial charge >= 0.3 is 0 Å². The Morgan fingerprint density at radius 1 is 1.23 bits per heavy atom. The third-order valence-corrected chi connectivity index (χ3v) is 5.79. The van der Waals surface area contributed by atoms with Crippen molar-refractivity contribution < 1.29 is 4.52 Å². The first-order valence-electron chi connectivity index (χ1n) is 9.98. The molecule has 0 amide bonds. The van der Waals surface area contributed by atoms with E-state index in [0.717, 1.165) is 75.2 Å². The summed E-state index contributed by atoms with van der Waals surface area (Å²) >= 11 is 0. The van der Waals surface area contributed by atoms with Gasteiger partial charge in [0.2, 0.25) is 0 Å². The molecule has 1 N–H and O–H groups in total. The lowest BCUT2D eigenvalue weighted by molar-refractivity contribution is 0.169. The molecule has 0 bridgehead atoms. The Labute approximate surface area is 173 Å². The molecular weight excluding hydrogens is 441 g/mol. The molecule has 6 nitrogen and oxygen atoms in total. The van der Waals surface area contributed by atoms with Crippen LogP contribution in [0.4, 0.5) is 0 Å². The van der Waals surface area contributed by atoms with E-state index >= 15 is 0 Å². The second-order valence-corrected chi connectivity index (χ2v) is 7.79. The average Bonchev–Trinajstić information content (AvgIpc) is 3.56. The maximum atomic E-state index is 5.05. The second kappa shape index (κ2) is 9.39. The van der Waals surface area contributed by atoms with Crippen molar-refractivity contribution in [3.8, 4) is 0 Å². The standard InChI is InChI=1S/C19H31N5O.HI/c1-2-20-19(21-13-18(15-3-4-15)16-5-6-16)24-10-8-23(9-11-24)14-17-7-12-25-22-17;/h7,12,15-16,18H,2-6,8-11,13-14H2,1H3,(H,20,21);1H. The van der Waals surface area contributed by atoms with Gasteiger partial charge in [-0.2, -0.15) is 0 Å². The van der Waals surface area contributed by atoms with Crippen LogP contribution in [0, 0.1) is 17.8 Å². The molecule has 2 heterocycles. The summed E-state index contributed by atoms with van der Waals surface area (Å²) in [6.45, 7) is 9.16. The first-order chi connectivity index (χ1) is 12.3. The molecule has 3 fully saturated rings. The minimum absolute atomic E-state index is 0. The van der Waals surface area contributed by atoms with Crippen LogP contribution in [0.25, 0.3) is 0 Å². The Kier molecular flexibility index (Phi) is 7.19. The van der Waals surface area contributed by atoms with Crippen molar-refractivity contribution in [3.05, 3.63) is 18.0 Å². The number of nitrogens with one attached hydrogen (secondary N) is 1. The molecule has 146 valence electrons. The first-order valence-corrected chi connectivity index (χ1v) is 9.98. The number of aliphatic imine (C=N–C) groups is 1. The lowest BCUT2D eigenvalue weighted by atomic mass is 9.98. The van der Waals surface area contributed by atoms with Gasteiger partial charge in [-0.05, 0) is 50.4 Å². The van der Waals surface area contributed by atoms with E-state index in [9.17, 15) is 0 Å². The minimum Gasteiger partial charge on any atom is -0.364 e. The van der Waals surface area contributed by atoms with Gasteiger partial charge in [-0.1, -0.05) is 5.16 Å². The summed E-state index contributed by atoms with van der Waals surface area (Å²) in [5, 5.41) is 7.54. The van der Waals surface area contributed by atoms with E-state index < -0.39 is 0 Å². The second-order valence-electron chi connectivity index (χ2n) is 7.79. The van der Waals surface area contributed by atoms with Crippen molar-refractivity contribution in [2.24, 2.45) is 22.7 Å².